The second-order valence-electron chi connectivity index (χ2n) is 7.74. The summed E-state index contributed by atoms with van der Waals surface area (Å²) in [7, 11) is 1.65. The summed E-state index contributed by atoms with van der Waals surface area (Å²) in [5, 5.41) is 9.38. The van der Waals surface area contributed by atoms with E-state index in [9.17, 15) is 0 Å². The van der Waals surface area contributed by atoms with Crippen molar-refractivity contribution in [2.75, 3.05) is 12.4 Å². The van der Waals surface area contributed by atoms with Crippen LogP contribution >= 0.6 is 11.6 Å². The summed E-state index contributed by atoms with van der Waals surface area (Å²) in [6.07, 6.45) is 8.98. The number of hydrogen-bond acceptors (Lipinski definition) is 7. The van der Waals surface area contributed by atoms with Crippen LogP contribution in [0.15, 0.2) is 41.3 Å². The Morgan fingerprint density at radius 2 is 1.97 bits per heavy atom. The molecule has 1 saturated carbocycles. The summed E-state index contributed by atoms with van der Waals surface area (Å²) in [6, 6.07) is 8.22. The Labute approximate surface area is 184 Å². The van der Waals surface area contributed by atoms with Gasteiger partial charge < -0.3 is 14.5 Å². The van der Waals surface area contributed by atoms with Gasteiger partial charge in [-0.15, -0.1) is 0 Å². The second-order valence-corrected chi connectivity index (χ2v) is 8.08. The molecule has 3 aromatic heterocycles. The van der Waals surface area contributed by atoms with E-state index in [4.69, 9.17) is 25.9 Å². The molecule has 1 aliphatic rings. The molecule has 0 amide bonds. The lowest BCUT2D eigenvalue weighted by molar-refractivity contribution is 0.414. The van der Waals surface area contributed by atoms with Crippen LogP contribution in [0.2, 0.25) is 5.28 Å². The molecule has 0 unspecified atom stereocenters. The minimum Gasteiger partial charge on any atom is -0.497 e. The summed E-state index contributed by atoms with van der Waals surface area (Å²) in [5.41, 5.74) is 2.36. The third-order valence-corrected chi connectivity index (χ3v) is 5.84. The van der Waals surface area contributed by atoms with Crippen LogP contribution in [0.3, 0.4) is 0 Å². The summed E-state index contributed by atoms with van der Waals surface area (Å²) in [6.45, 7) is 0.519. The van der Waals surface area contributed by atoms with Gasteiger partial charge in [-0.25, -0.2) is 9.67 Å². The Bertz CT molecular complexity index is 1170. The van der Waals surface area contributed by atoms with Crippen LogP contribution in [0.1, 0.15) is 37.7 Å². The molecule has 5 rings (SSSR count). The number of fused-ring (bicyclic) bond motifs is 1. The first kappa shape index (κ1) is 19.8. The molecule has 0 bridgehead atoms. The third kappa shape index (κ3) is 4.07. The molecule has 0 atom stereocenters. The topological polar surface area (TPSA) is 90.9 Å². The molecule has 1 N–H and O–H groups in total. The predicted molar refractivity (Wildman–Crippen MR) is 118 cm³/mol. The number of anilines is 1. The molecule has 1 fully saturated rings. The van der Waals surface area contributed by atoms with Crippen LogP contribution in [0.4, 0.5) is 5.82 Å². The van der Waals surface area contributed by atoms with Gasteiger partial charge in [-0.3, -0.25) is 0 Å². The van der Waals surface area contributed by atoms with Gasteiger partial charge in [0.15, 0.2) is 17.8 Å². The highest BCUT2D eigenvalue weighted by Crippen LogP contribution is 2.34. The average molecular weight is 439 g/mol. The molecular weight excluding hydrogens is 416 g/mol. The highest BCUT2D eigenvalue weighted by atomic mass is 35.5. The van der Waals surface area contributed by atoms with Crippen LogP contribution in [0.25, 0.3) is 22.5 Å². The zero-order chi connectivity index (χ0) is 21.2. The molecule has 0 saturated heterocycles. The van der Waals surface area contributed by atoms with E-state index in [-0.39, 0.29) is 5.28 Å². The van der Waals surface area contributed by atoms with E-state index in [2.05, 4.69) is 20.3 Å². The van der Waals surface area contributed by atoms with Gasteiger partial charge in [-0.2, -0.15) is 15.1 Å². The Morgan fingerprint density at radius 1 is 1.16 bits per heavy atom. The first-order valence-corrected chi connectivity index (χ1v) is 10.8. The van der Waals surface area contributed by atoms with E-state index in [0.29, 0.717) is 35.5 Å². The third-order valence-electron chi connectivity index (χ3n) is 5.67. The number of nitrogens with zero attached hydrogens (tertiary/aromatic N) is 5. The first-order chi connectivity index (χ1) is 15.2. The van der Waals surface area contributed by atoms with Crippen LogP contribution < -0.4 is 10.1 Å². The molecule has 3 heterocycles. The molecule has 0 aliphatic heterocycles. The monoisotopic (exact) mass is 438 g/mol. The number of methoxy groups -OCH3 is 1. The molecule has 0 radical (unpaired) electrons. The van der Waals surface area contributed by atoms with Crippen LogP contribution in [-0.4, -0.2) is 37.9 Å². The van der Waals surface area contributed by atoms with Crippen molar-refractivity contribution in [2.24, 2.45) is 0 Å². The number of hydrogen-bond donors (Lipinski definition) is 1. The van der Waals surface area contributed by atoms with Crippen molar-refractivity contribution in [3.63, 3.8) is 0 Å². The molecule has 0 spiro atoms. The van der Waals surface area contributed by atoms with Crippen molar-refractivity contribution >= 4 is 28.5 Å². The Morgan fingerprint density at radius 3 is 2.68 bits per heavy atom. The molecule has 4 aromatic rings. The fraction of sp³-hybridized carbons (Fsp3) is 0.364. The van der Waals surface area contributed by atoms with Crippen molar-refractivity contribution in [2.45, 2.75) is 44.7 Å². The van der Waals surface area contributed by atoms with Crippen molar-refractivity contribution in [1.29, 1.82) is 0 Å². The van der Waals surface area contributed by atoms with Gasteiger partial charge in [0.25, 0.3) is 0 Å². The number of rotatable bonds is 6. The number of benzene rings is 1. The Kier molecular flexibility index (Phi) is 5.46. The molecular formula is C22H23ClN6O2. The van der Waals surface area contributed by atoms with Gasteiger partial charge in [-0.1, -0.05) is 31.4 Å². The van der Waals surface area contributed by atoms with Gasteiger partial charge in [0.1, 0.15) is 17.3 Å². The number of oxazole rings is 1. The molecule has 31 heavy (non-hydrogen) atoms. The lowest BCUT2D eigenvalue weighted by Gasteiger charge is -2.23. The lowest BCUT2D eigenvalue weighted by atomic mass is 9.95. The number of aromatic nitrogens is 5. The predicted octanol–water partition coefficient (Wildman–Crippen LogP) is 4.94. The smallest absolute Gasteiger partial charge is 0.226 e. The van der Waals surface area contributed by atoms with E-state index in [1.54, 1.807) is 13.3 Å². The van der Waals surface area contributed by atoms with Crippen molar-refractivity contribution in [1.82, 2.24) is 24.7 Å². The highest BCUT2D eigenvalue weighted by Gasteiger charge is 2.24. The molecule has 9 heteroatoms. The normalized spacial score (nSPS) is 14.8. The SMILES string of the molecule is COc1ccc(Cn2nc(-c3cnco3)c3c(NC4CCCCC4)nc(Cl)nc32)cc1. The maximum absolute atomic E-state index is 6.33. The zero-order valence-corrected chi connectivity index (χ0v) is 18.0. The minimum atomic E-state index is 0.186. The Balaban J connectivity index is 1.60. The Hall–Kier alpha value is -3.13. The molecule has 160 valence electrons. The van der Waals surface area contributed by atoms with E-state index in [0.717, 1.165) is 29.5 Å². The van der Waals surface area contributed by atoms with Crippen LogP contribution in [0, 0.1) is 0 Å². The molecule has 1 aromatic carbocycles. The number of halogens is 1. The number of ether oxygens (including phenoxy) is 1. The fourth-order valence-corrected chi connectivity index (χ4v) is 4.27. The van der Waals surface area contributed by atoms with Gasteiger partial charge in [0.05, 0.1) is 25.2 Å². The van der Waals surface area contributed by atoms with Gasteiger partial charge in [0, 0.05) is 6.04 Å². The maximum atomic E-state index is 6.33. The van der Waals surface area contributed by atoms with E-state index >= 15 is 0 Å². The summed E-state index contributed by atoms with van der Waals surface area (Å²) in [4.78, 5) is 13.1. The minimum absolute atomic E-state index is 0.186. The largest absolute Gasteiger partial charge is 0.497 e. The van der Waals surface area contributed by atoms with E-state index < -0.39 is 0 Å². The van der Waals surface area contributed by atoms with Crippen molar-refractivity contribution in [3.8, 4) is 17.2 Å². The fourth-order valence-electron chi connectivity index (χ4n) is 4.11. The first-order valence-electron chi connectivity index (χ1n) is 10.4. The van der Waals surface area contributed by atoms with Gasteiger partial charge in [0.2, 0.25) is 5.28 Å². The van der Waals surface area contributed by atoms with Crippen molar-refractivity contribution in [3.05, 3.63) is 47.7 Å². The van der Waals surface area contributed by atoms with Crippen LogP contribution in [0.5, 0.6) is 5.75 Å². The molecule has 8 nitrogen and oxygen atoms in total. The zero-order valence-electron chi connectivity index (χ0n) is 17.2. The quantitative estimate of drug-likeness (QED) is 0.426. The summed E-state index contributed by atoms with van der Waals surface area (Å²) < 4.78 is 12.7. The average Bonchev–Trinajstić information content (AvgIpc) is 3.44. The highest BCUT2D eigenvalue weighted by molar-refractivity contribution is 6.29. The summed E-state index contributed by atoms with van der Waals surface area (Å²) in [5.74, 6) is 2.06. The number of nitrogens with one attached hydrogen (secondary N) is 1. The van der Waals surface area contributed by atoms with E-state index in [1.807, 2.05) is 28.9 Å². The lowest BCUT2D eigenvalue weighted by Crippen LogP contribution is -2.23. The summed E-state index contributed by atoms with van der Waals surface area (Å²) >= 11 is 6.33. The second kappa shape index (κ2) is 8.55. The van der Waals surface area contributed by atoms with Crippen molar-refractivity contribution < 1.29 is 9.15 Å². The van der Waals surface area contributed by atoms with Gasteiger partial charge in [-0.05, 0) is 42.1 Å². The maximum Gasteiger partial charge on any atom is 0.226 e. The van der Waals surface area contributed by atoms with E-state index in [1.165, 1.54) is 25.7 Å². The molecule has 1 aliphatic carbocycles. The standard InChI is InChI=1S/C22H23ClN6O2/c1-30-16-9-7-14(8-10-16)12-29-21-18(19(28-29)17-11-24-13-31-17)20(26-22(23)27-21)25-15-5-3-2-4-6-15/h7-11,13,15H,2-6,12H2,1H3,(H,25,26,27). The van der Waals surface area contributed by atoms with Crippen LogP contribution in [-0.2, 0) is 6.54 Å². The van der Waals surface area contributed by atoms with Gasteiger partial charge >= 0.3 is 0 Å².